The van der Waals surface area contributed by atoms with Gasteiger partial charge in [-0.1, -0.05) is 37.1 Å². The van der Waals surface area contributed by atoms with Gasteiger partial charge in [-0.25, -0.2) is 4.98 Å². The lowest BCUT2D eigenvalue weighted by atomic mass is 10.1. The van der Waals surface area contributed by atoms with Gasteiger partial charge < -0.3 is 0 Å². The predicted molar refractivity (Wildman–Crippen MR) is 73.7 cm³/mol. The minimum absolute atomic E-state index is 0.384. The number of pyridine rings is 1. The second-order valence-corrected chi connectivity index (χ2v) is 10.3. The summed E-state index contributed by atoms with van der Waals surface area (Å²) in [5, 5.41) is -2.08. The molecule has 0 bridgehead atoms. The zero-order chi connectivity index (χ0) is 16.8. The number of aryl methyl sites for hydroxylation is 3. The molecular formula is C14H14F5INS+. The highest BCUT2D eigenvalue weighted by molar-refractivity contribution is 8.45. The number of hydrogen-bond donors (Lipinski definition) is 0. The van der Waals surface area contributed by atoms with Crippen LogP contribution >= 0.6 is 10.2 Å². The molecule has 0 saturated heterocycles. The van der Waals surface area contributed by atoms with Crippen LogP contribution in [-0.2, 0) is 0 Å². The maximum absolute atomic E-state index is 12.6. The number of benzene rings is 1. The first-order valence-corrected chi connectivity index (χ1v) is 10.3. The standard InChI is InChI=1S/C14H14F5INS/c1-9-6-10(2)14(11(3)7-9)20-12-4-5-13(21-8-12)22(15,16,17,18)19/h4-8H,1-3H3/q+1. The maximum Gasteiger partial charge on any atom is 0.360 e. The molecule has 0 aliphatic heterocycles. The van der Waals surface area contributed by atoms with E-state index in [9.17, 15) is 19.4 Å². The molecule has 0 spiro atoms. The average molecular weight is 450 g/mol. The van der Waals surface area contributed by atoms with E-state index in [-0.39, 0.29) is 0 Å². The minimum atomic E-state index is -9.68. The lowest BCUT2D eigenvalue weighted by Gasteiger charge is -2.38. The number of aromatic nitrogens is 1. The molecule has 1 nitrogen and oxygen atoms in total. The van der Waals surface area contributed by atoms with Crippen LogP contribution in [0.15, 0.2) is 35.5 Å². The molecule has 0 fully saturated rings. The van der Waals surface area contributed by atoms with Gasteiger partial charge >= 0.3 is 31.4 Å². The Morgan fingerprint density at radius 2 is 1.45 bits per heavy atom. The summed E-state index contributed by atoms with van der Waals surface area (Å²) in [5.74, 6) is 0. The number of nitrogens with zero attached hydrogens (tertiary/aromatic N) is 1. The fourth-order valence-corrected chi connectivity index (χ4v) is 5.07. The first-order chi connectivity index (χ1) is 9.76. The average Bonchev–Trinajstić information content (AvgIpc) is 2.31. The Labute approximate surface area is 135 Å². The van der Waals surface area contributed by atoms with Crippen LogP contribution in [0.1, 0.15) is 16.7 Å². The van der Waals surface area contributed by atoms with Gasteiger partial charge in [0, 0.05) is 11.1 Å². The zero-order valence-electron chi connectivity index (χ0n) is 12.0. The fourth-order valence-electron chi connectivity index (χ4n) is 2.07. The Morgan fingerprint density at radius 3 is 1.86 bits per heavy atom. The maximum atomic E-state index is 12.6. The molecule has 8 heteroatoms. The summed E-state index contributed by atoms with van der Waals surface area (Å²) in [4.78, 5) is 2.97. The Balaban J connectivity index is 2.35. The molecule has 2 rings (SSSR count). The number of halogens is 6. The summed E-state index contributed by atoms with van der Waals surface area (Å²) >= 11 is -0.772. The van der Waals surface area contributed by atoms with Gasteiger partial charge in [-0.05, 0) is 32.9 Å². The van der Waals surface area contributed by atoms with E-state index in [4.69, 9.17) is 0 Å². The van der Waals surface area contributed by atoms with Crippen molar-refractivity contribution in [1.82, 2.24) is 4.98 Å². The molecule has 0 amide bonds. The summed E-state index contributed by atoms with van der Waals surface area (Å²) in [5.41, 5.74) is 3.22. The van der Waals surface area contributed by atoms with Crippen molar-refractivity contribution in [2.24, 2.45) is 0 Å². The fraction of sp³-hybridized carbons (Fsp3) is 0.214. The first kappa shape index (κ1) is 17.5. The summed E-state index contributed by atoms with van der Waals surface area (Å²) in [6, 6.07) is 5.48. The van der Waals surface area contributed by atoms with E-state index in [1.807, 2.05) is 32.9 Å². The van der Waals surface area contributed by atoms with Gasteiger partial charge in [0.15, 0.2) is 8.60 Å². The van der Waals surface area contributed by atoms with E-state index in [0.717, 1.165) is 32.5 Å². The molecule has 0 saturated carbocycles. The topological polar surface area (TPSA) is 12.9 Å². The quantitative estimate of drug-likeness (QED) is 0.518. The SMILES string of the molecule is Cc1cc(C)c([I+]c2ccc(S(F)(F)(F)(F)F)nc2)c(C)c1. The van der Waals surface area contributed by atoms with Crippen LogP contribution in [0.2, 0.25) is 0 Å². The van der Waals surface area contributed by atoms with Gasteiger partial charge in [0.1, 0.15) is 0 Å². The van der Waals surface area contributed by atoms with Crippen molar-refractivity contribution in [3.05, 3.63) is 54.3 Å². The highest BCUT2D eigenvalue weighted by atomic mass is 127. The molecule has 1 aromatic heterocycles. The molecule has 2 aromatic rings. The molecule has 0 atom stereocenters. The van der Waals surface area contributed by atoms with Crippen molar-refractivity contribution < 1.29 is 40.6 Å². The third kappa shape index (κ3) is 4.09. The molecule has 22 heavy (non-hydrogen) atoms. The van der Waals surface area contributed by atoms with Gasteiger partial charge in [-0.2, -0.15) is 0 Å². The van der Waals surface area contributed by atoms with E-state index >= 15 is 0 Å². The Hall–Kier alpha value is -0.900. The smallest absolute Gasteiger partial charge is 0.236 e. The van der Waals surface area contributed by atoms with Crippen LogP contribution in [0.5, 0.6) is 0 Å². The molecule has 0 aliphatic rings. The van der Waals surface area contributed by atoms with Crippen molar-refractivity contribution in [3.8, 4) is 0 Å². The zero-order valence-corrected chi connectivity index (χ0v) is 15.0. The molecule has 0 unspecified atom stereocenters. The third-order valence-electron chi connectivity index (χ3n) is 2.88. The molecule has 0 aliphatic carbocycles. The first-order valence-electron chi connectivity index (χ1n) is 6.19. The van der Waals surface area contributed by atoms with E-state index in [1.54, 1.807) is 0 Å². The van der Waals surface area contributed by atoms with Crippen LogP contribution in [0, 0.1) is 27.9 Å². The van der Waals surface area contributed by atoms with Crippen molar-refractivity contribution in [2.45, 2.75) is 25.8 Å². The van der Waals surface area contributed by atoms with Gasteiger partial charge in [0.25, 0.3) is 0 Å². The van der Waals surface area contributed by atoms with E-state index in [0.29, 0.717) is 9.64 Å². The van der Waals surface area contributed by atoms with Crippen molar-refractivity contribution >= 4 is 10.2 Å². The normalized spacial score (nSPS) is 15.3. The van der Waals surface area contributed by atoms with Gasteiger partial charge in [0.05, 0.1) is 6.20 Å². The molecule has 122 valence electrons. The minimum Gasteiger partial charge on any atom is -0.236 e. The molecule has 0 N–H and O–H groups in total. The molecule has 1 aromatic carbocycles. The second-order valence-electron chi connectivity index (χ2n) is 5.09. The van der Waals surface area contributed by atoms with E-state index in [1.165, 1.54) is 0 Å². The van der Waals surface area contributed by atoms with Gasteiger partial charge in [-0.3, -0.25) is 0 Å². The van der Waals surface area contributed by atoms with E-state index < -0.39 is 36.5 Å². The monoisotopic (exact) mass is 450 g/mol. The highest BCUT2D eigenvalue weighted by Crippen LogP contribution is 3.01. The molecule has 0 radical (unpaired) electrons. The highest BCUT2D eigenvalue weighted by Gasteiger charge is 2.67. The summed E-state index contributed by atoms with van der Waals surface area (Å²) < 4.78 is 64.8. The summed E-state index contributed by atoms with van der Waals surface area (Å²) in [6.45, 7) is 5.84. The second kappa shape index (κ2) is 4.80. The Bertz CT molecular complexity index is 702. The van der Waals surface area contributed by atoms with Crippen molar-refractivity contribution in [1.29, 1.82) is 0 Å². The number of hydrogen-bond acceptors (Lipinski definition) is 1. The third-order valence-corrected chi connectivity index (χ3v) is 7.41. The van der Waals surface area contributed by atoms with Crippen molar-refractivity contribution in [3.63, 3.8) is 0 Å². The lowest BCUT2D eigenvalue weighted by molar-refractivity contribution is -0.599. The summed E-state index contributed by atoms with van der Waals surface area (Å²) in [7, 11) is -9.68. The largest absolute Gasteiger partial charge is 0.360 e. The Kier molecular flexibility index (Phi) is 3.81. The number of rotatable bonds is 3. The molecule has 1 heterocycles. The van der Waals surface area contributed by atoms with Crippen LogP contribution in [0.4, 0.5) is 19.4 Å². The van der Waals surface area contributed by atoms with Gasteiger partial charge in [0.2, 0.25) is 3.57 Å². The van der Waals surface area contributed by atoms with Crippen molar-refractivity contribution in [2.75, 3.05) is 0 Å². The predicted octanol–water partition coefficient (Wildman–Crippen LogP) is 2.79. The van der Waals surface area contributed by atoms with Gasteiger partial charge in [-0.15, -0.1) is 0 Å². The Morgan fingerprint density at radius 1 is 0.909 bits per heavy atom. The lowest BCUT2D eigenvalue weighted by Crippen LogP contribution is -3.62. The molecular weight excluding hydrogens is 436 g/mol. The van der Waals surface area contributed by atoms with Crippen LogP contribution in [0.3, 0.4) is 0 Å². The van der Waals surface area contributed by atoms with E-state index in [2.05, 4.69) is 4.98 Å². The summed E-state index contributed by atoms with van der Waals surface area (Å²) in [6.07, 6.45) is 0.916. The van der Waals surface area contributed by atoms with Crippen LogP contribution in [0.25, 0.3) is 0 Å². The van der Waals surface area contributed by atoms with Crippen LogP contribution < -0.4 is 21.2 Å². The van der Waals surface area contributed by atoms with Crippen LogP contribution in [-0.4, -0.2) is 4.98 Å².